The van der Waals surface area contributed by atoms with Crippen molar-refractivity contribution in [3.05, 3.63) is 35.4 Å². The maximum Gasteiger partial charge on any atom is 0.416 e. The molecule has 0 saturated carbocycles. The van der Waals surface area contributed by atoms with Crippen molar-refractivity contribution in [3.63, 3.8) is 0 Å². The Kier molecular flexibility index (Phi) is 4.41. The topological polar surface area (TPSA) is 38.0 Å². The standard InChI is InChI=1S/C10H11F5N2/c11-9(12)8(17-16)5-6-2-1-3-7(4-6)10(13,14)15/h1-4,8-9,17H,5,16H2. The van der Waals surface area contributed by atoms with Crippen LogP contribution in [-0.2, 0) is 12.6 Å². The normalized spacial score (nSPS) is 14.1. The number of nitrogens with one attached hydrogen (secondary N) is 1. The third-order valence-corrected chi connectivity index (χ3v) is 2.23. The summed E-state index contributed by atoms with van der Waals surface area (Å²) in [6, 6.07) is 2.89. The van der Waals surface area contributed by atoms with E-state index in [-0.39, 0.29) is 12.0 Å². The van der Waals surface area contributed by atoms with E-state index in [9.17, 15) is 22.0 Å². The molecule has 0 aromatic heterocycles. The van der Waals surface area contributed by atoms with Crippen LogP contribution in [0.2, 0.25) is 0 Å². The zero-order valence-corrected chi connectivity index (χ0v) is 8.64. The molecule has 1 unspecified atom stereocenters. The van der Waals surface area contributed by atoms with Gasteiger partial charge in [0.05, 0.1) is 11.6 Å². The minimum atomic E-state index is -4.48. The van der Waals surface area contributed by atoms with Gasteiger partial charge in [0.15, 0.2) is 0 Å². The first kappa shape index (κ1) is 13.9. The second-order valence-corrected chi connectivity index (χ2v) is 3.51. The average molecular weight is 254 g/mol. The maximum atomic E-state index is 12.4. The van der Waals surface area contributed by atoms with Crippen molar-refractivity contribution in [2.75, 3.05) is 0 Å². The highest BCUT2D eigenvalue weighted by Crippen LogP contribution is 2.29. The van der Waals surface area contributed by atoms with Crippen LogP contribution in [0.15, 0.2) is 24.3 Å². The van der Waals surface area contributed by atoms with Crippen LogP contribution in [0.5, 0.6) is 0 Å². The summed E-state index contributed by atoms with van der Waals surface area (Å²) in [7, 11) is 0. The van der Waals surface area contributed by atoms with Crippen LogP contribution in [0.3, 0.4) is 0 Å². The van der Waals surface area contributed by atoms with Gasteiger partial charge in [-0.2, -0.15) is 13.2 Å². The lowest BCUT2D eigenvalue weighted by molar-refractivity contribution is -0.137. The largest absolute Gasteiger partial charge is 0.416 e. The number of hydrogen-bond acceptors (Lipinski definition) is 2. The van der Waals surface area contributed by atoms with Crippen molar-refractivity contribution in [2.45, 2.75) is 25.1 Å². The summed E-state index contributed by atoms with van der Waals surface area (Å²) in [4.78, 5) is 0. The van der Waals surface area contributed by atoms with Gasteiger partial charge in [0, 0.05) is 0 Å². The summed E-state index contributed by atoms with van der Waals surface area (Å²) in [5.41, 5.74) is 1.17. The first-order valence-corrected chi connectivity index (χ1v) is 4.75. The molecule has 0 aliphatic rings. The van der Waals surface area contributed by atoms with Gasteiger partial charge in [-0.25, -0.2) is 8.78 Å². The third-order valence-electron chi connectivity index (χ3n) is 2.23. The van der Waals surface area contributed by atoms with Crippen LogP contribution in [-0.4, -0.2) is 12.5 Å². The average Bonchev–Trinajstić information content (AvgIpc) is 2.24. The molecule has 0 heterocycles. The number of benzene rings is 1. The highest BCUT2D eigenvalue weighted by molar-refractivity contribution is 5.26. The fraction of sp³-hybridized carbons (Fsp3) is 0.400. The third kappa shape index (κ3) is 3.94. The van der Waals surface area contributed by atoms with E-state index in [1.165, 1.54) is 12.1 Å². The number of hydrogen-bond donors (Lipinski definition) is 2. The molecule has 17 heavy (non-hydrogen) atoms. The monoisotopic (exact) mass is 254 g/mol. The van der Waals surface area contributed by atoms with Crippen LogP contribution >= 0.6 is 0 Å². The Hall–Kier alpha value is -1.21. The molecule has 0 fully saturated rings. The summed E-state index contributed by atoms with van der Waals surface area (Å²) in [6.07, 6.45) is -7.49. The Balaban J connectivity index is 2.85. The van der Waals surface area contributed by atoms with E-state index in [1.54, 1.807) is 0 Å². The van der Waals surface area contributed by atoms with Crippen LogP contribution in [0.1, 0.15) is 11.1 Å². The van der Waals surface area contributed by atoms with Crippen molar-refractivity contribution >= 4 is 0 Å². The van der Waals surface area contributed by atoms with Crippen molar-refractivity contribution in [1.29, 1.82) is 0 Å². The van der Waals surface area contributed by atoms with Gasteiger partial charge in [0.2, 0.25) is 0 Å². The molecule has 0 amide bonds. The Morgan fingerprint density at radius 2 is 1.88 bits per heavy atom. The molecule has 96 valence electrons. The van der Waals surface area contributed by atoms with E-state index >= 15 is 0 Å². The Labute approximate surface area is 94.6 Å². The van der Waals surface area contributed by atoms with Crippen molar-refractivity contribution in [3.8, 4) is 0 Å². The fourth-order valence-electron chi connectivity index (χ4n) is 1.35. The molecule has 1 atom stereocenters. The van der Waals surface area contributed by atoms with Gasteiger partial charge >= 0.3 is 6.18 Å². The Morgan fingerprint density at radius 3 is 2.35 bits per heavy atom. The number of halogens is 5. The molecule has 0 saturated heterocycles. The van der Waals surface area contributed by atoms with Crippen molar-refractivity contribution < 1.29 is 22.0 Å². The van der Waals surface area contributed by atoms with Crippen LogP contribution in [0, 0.1) is 0 Å². The van der Waals surface area contributed by atoms with Gasteiger partial charge in [-0.1, -0.05) is 18.2 Å². The van der Waals surface area contributed by atoms with Gasteiger partial charge in [0.1, 0.15) is 0 Å². The van der Waals surface area contributed by atoms with Gasteiger partial charge in [-0.05, 0) is 18.1 Å². The molecule has 0 aliphatic carbocycles. The first-order chi connectivity index (χ1) is 7.84. The molecular formula is C10H11F5N2. The quantitative estimate of drug-likeness (QED) is 0.491. The minimum Gasteiger partial charge on any atom is -0.271 e. The summed E-state index contributed by atoms with van der Waals surface area (Å²) in [6.45, 7) is 0. The van der Waals surface area contributed by atoms with Gasteiger partial charge < -0.3 is 0 Å². The zero-order chi connectivity index (χ0) is 13.1. The molecule has 3 N–H and O–H groups in total. The van der Waals surface area contributed by atoms with Crippen molar-refractivity contribution in [1.82, 2.24) is 5.43 Å². The summed E-state index contributed by atoms with van der Waals surface area (Å²) < 4.78 is 61.8. The minimum absolute atomic E-state index is 0.156. The van der Waals surface area contributed by atoms with Crippen LogP contribution in [0.25, 0.3) is 0 Å². The maximum absolute atomic E-state index is 12.4. The van der Waals surface area contributed by atoms with E-state index in [2.05, 4.69) is 0 Å². The molecule has 0 aliphatic heterocycles. The SMILES string of the molecule is NNC(Cc1cccc(C(F)(F)F)c1)C(F)F. The van der Waals surface area contributed by atoms with E-state index in [0.717, 1.165) is 12.1 Å². The van der Waals surface area contributed by atoms with E-state index in [0.29, 0.717) is 0 Å². The predicted octanol–water partition coefficient (Wildman–Crippen LogP) is 2.34. The first-order valence-electron chi connectivity index (χ1n) is 4.75. The second-order valence-electron chi connectivity index (χ2n) is 3.51. The lowest BCUT2D eigenvalue weighted by atomic mass is 10.0. The molecule has 0 spiro atoms. The molecule has 1 aromatic rings. The summed E-state index contributed by atoms with van der Waals surface area (Å²) in [5.74, 6) is 4.89. The molecular weight excluding hydrogens is 243 g/mol. The lowest BCUT2D eigenvalue weighted by Gasteiger charge is -2.15. The molecule has 2 nitrogen and oxygen atoms in total. The van der Waals surface area contributed by atoms with E-state index in [4.69, 9.17) is 5.84 Å². The number of rotatable bonds is 4. The Bertz CT molecular complexity index is 364. The van der Waals surface area contributed by atoms with Crippen molar-refractivity contribution in [2.24, 2.45) is 5.84 Å². The fourth-order valence-corrected chi connectivity index (χ4v) is 1.35. The lowest BCUT2D eigenvalue weighted by Crippen LogP contribution is -2.42. The molecule has 1 aromatic carbocycles. The predicted molar refractivity (Wildman–Crippen MR) is 52.3 cm³/mol. The Morgan fingerprint density at radius 1 is 1.24 bits per heavy atom. The second kappa shape index (κ2) is 5.42. The number of nitrogens with two attached hydrogens (primary N) is 1. The highest BCUT2D eigenvalue weighted by Gasteiger charge is 2.30. The highest BCUT2D eigenvalue weighted by atomic mass is 19.4. The van der Waals surface area contributed by atoms with Gasteiger partial charge in [-0.3, -0.25) is 11.3 Å². The number of hydrazine groups is 1. The molecule has 0 bridgehead atoms. The summed E-state index contributed by atoms with van der Waals surface area (Å²) in [5, 5.41) is 0. The van der Waals surface area contributed by atoms with Gasteiger partial charge in [-0.15, -0.1) is 0 Å². The zero-order valence-electron chi connectivity index (χ0n) is 8.64. The van der Waals surface area contributed by atoms with Gasteiger partial charge in [0.25, 0.3) is 6.43 Å². The summed E-state index contributed by atoms with van der Waals surface area (Å²) >= 11 is 0. The molecule has 0 radical (unpaired) electrons. The van der Waals surface area contributed by atoms with E-state index in [1.807, 2.05) is 5.43 Å². The molecule has 1 rings (SSSR count). The molecule has 7 heteroatoms. The van der Waals surface area contributed by atoms with E-state index < -0.39 is 24.2 Å². The van der Waals surface area contributed by atoms with Crippen LogP contribution < -0.4 is 11.3 Å². The smallest absolute Gasteiger partial charge is 0.271 e. The van der Waals surface area contributed by atoms with Crippen LogP contribution in [0.4, 0.5) is 22.0 Å². The number of alkyl halides is 5.